The van der Waals surface area contributed by atoms with E-state index in [1.165, 1.54) is 60.0 Å². The Labute approximate surface area is 218 Å². The molecule has 0 bridgehead atoms. The predicted octanol–water partition coefficient (Wildman–Crippen LogP) is 8.10. The Bertz CT molecular complexity index is 1520. The van der Waals surface area contributed by atoms with Crippen molar-refractivity contribution in [2.45, 2.75) is 32.8 Å². The second-order valence-corrected chi connectivity index (χ2v) is 8.75. The van der Waals surface area contributed by atoms with Crippen LogP contribution in [-0.4, -0.2) is 10.5 Å². The van der Waals surface area contributed by atoms with Gasteiger partial charge in [-0.05, 0) is 67.9 Å². The third kappa shape index (κ3) is 6.24. The van der Waals surface area contributed by atoms with Gasteiger partial charge in [-0.25, -0.2) is 4.39 Å². The smallest absolute Gasteiger partial charge is 0.418 e. The summed E-state index contributed by atoms with van der Waals surface area (Å²) in [4.78, 5) is 13.0. The Kier molecular flexibility index (Phi) is 7.45. The van der Waals surface area contributed by atoms with Gasteiger partial charge in [0.1, 0.15) is 18.2 Å². The van der Waals surface area contributed by atoms with E-state index < -0.39 is 35.2 Å². The Morgan fingerprint density at radius 3 is 2.28 bits per heavy atom. The van der Waals surface area contributed by atoms with Crippen molar-refractivity contribution in [1.82, 2.24) is 4.57 Å². The number of alkyl halides is 6. The molecular weight excluding hydrogens is 529 g/mol. The van der Waals surface area contributed by atoms with Crippen LogP contribution in [0.3, 0.4) is 0 Å². The Balaban J connectivity index is 1.53. The van der Waals surface area contributed by atoms with E-state index in [0.717, 1.165) is 18.2 Å². The summed E-state index contributed by atoms with van der Waals surface area (Å²) in [5.41, 5.74) is -1.01. The van der Waals surface area contributed by atoms with Gasteiger partial charge < -0.3 is 14.6 Å². The average molecular weight is 550 g/mol. The number of carbonyl (C=O) groups is 1. The topological polar surface area (TPSA) is 43.3 Å². The highest BCUT2D eigenvalue weighted by molar-refractivity contribution is 6.05. The van der Waals surface area contributed by atoms with E-state index in [1.807, 2.05) is 0 Å². The number of para-hydroxylation sites is 1. The molecular formula is C28H21F7N2O2. The normalized spacial score (nSPS) is 11.9. The molecule has 1 N–H and O–H groups in total. The molecule has 0 saturated carbocycles. The zero-order chi connectivity index (χ0) is 28.5. The number of hydrogen-bond acceptors (Lipinski definition) is 2. The van der Waals surface area contributed by atoms with Crippen molar-refractivity contribution in [1.29, 1.82) is 0 Å². The number of nitrogens with zero attached hydrogens (tertiary/aromatic N) is 1. The molecule has 1 aromatic heterocycles. The summed E-state index contributed by atoms with van der Waals surface area (Å²) in [6, 6.07) is 14.6. The maximum Gasteiger partial charge on any atom is 0.418 e. The van der Waals surface area contributed by atoms with Gasteiger partial charge >= 0.3 is 12.4 Å². The fourth-order valence-corrected chi connectivity index (χ4v) is 4.20. The molecule has 0 aliphatic rings. The molecule has 0 unspecified atom stereocenters. The molecule has 0 aliphatic heterocycles. The highest BCUT2D eigenvalue weighted by atomic mass is 19.4. The van der Waals surface area contributed by atoms with Gasteiger partial charge in [0, 0.05) is 23.1 Å². The fraction of sp³-hybridized carbons (Fsp3) is 0.179. The van der Waals surface area contributed by atoms with Gasteiger partial charge in [0.25, 0.3) is 5.91 Å². The Hall–Kier alpha value is -4.28. The lowest BCUT2D eigenvalue weighted by Gasteiger charge is -2.17. The van der Waals surface area contributed by atoms with Gasteiger partial charge in [-0.15, -0.1) is 0 Å². The van der Waals surface area contributed by atoms with E-state index in [2.05, 4.69) is 5.32 Å². The average Bonchev–Trinajstić information content (AvgIpc) is 3.15. The van der Waals surface area contributed by atoms with E-state index in [0.29, 0.717) is 17.5 Å². The summed E-state index contributed by atoms with van der Waals surface area (Å²) < 4.78 is 100. The molecule has 39 heavy (non-hydrogen) atoms. The molecule has 0 radical (unpaired) electrons. The van der Waals surface area contributed by atoms with Crippen LogP contribution in [0.2, 0.25) is 0 Å². The van der Waals surface area contributed by atoms with E-state index in [-0.39, 0.29) is 34.9 Å². The Morgan fingerprint density at radius 1 is 0.872 bits per heavy atom. The number of ether oxygens (including phenoxy) is 1. The zero-order valence-corrected chi connectivity index (χ0v) is 20.5. The van der Waals surface area contributed by atoms with Crippen molar-refractivity contribution < 1.29 is 40.3 Å². The first-order valence-corrected chi connectivity index (χ1v) is 11.5. The summed E-state index contributed by atoms with van der Waals surface area (Å²) in [7, 11) is 0. The molecule has 1 heterocycles. The number of amides is 1. The summed E-state index contributed by atoms with van der Waals surface area (Å²) >= 11 is 0. The first kappa shape index (κ1) is 27.7. The minimum absolute atomic E-state index is 0.0386. The molecule has 1 amide bonds. The van der Waals surface area contributed by atoms with Crippen LogP contribution in [0, 0.1) is 19.7 Å². The number of hydrogen-bond donors (Lipinski definition) is 1. The lowest BCUT2D eigenvalue weighted by atomic mass is 10.1. The van der Waals surface area contributed by atoms with E-state index >= 15 is 0 Å². The van der Waals surface area contributed by atoms with Crippen molar-refractivity contribution in [2.24, 2.45) is 0 Å². The van der Waals surface area contributed by atoms with Crippen molar-refractivity contribution in [2.75, 3.05) is 5.32 Å². The maximum atomic E-state index is 13.6. The predicted molar refractivity (Wildman–Crippen MR) is 130 cm³/mol. The van der Waals surface area contributed by atoms with Gasteiger partial charge in [0.2, 0.25) is 0 Å². The molecule has 0 spiro atoms. The lowest BCUT2D eigenvalue weighted by Crippen LogP contribution is -2.15. The van der Waals surface area contributed by atoms with Crippen molar-refractivity contribution in [3.05, 3.63) is 112 Å². The summed E-state index contributed by atoms with van der Waals surface area (Å²) in [6.45, 7) is 2.75. The number of halogens is 7. The number of nitrogens with one attached hydrogen (secondary N) is 1. The molecule has 4 nitrogen and oxygen atoms in total. The summed E-state index contributed by atoms with van der Waals surface area (Å²) in [5.74, 6) is -1.45. The van der Waals surface area contributed by atoms with Gasteiger partial charge in [0.05, 0.1) is 22.4 Å². The fourth-order valence-electron chi connectivity index (χ4n) is 4.20. The van der Waals surface area contributed by atoms with E-state index in [1.54, 1.807) is 6.92 Å². The molecule has 4 rings (SSSR count). The third-order valence-electron chi connectivity index (χ3n) is 5.91. The molecule has 4 aromatic rings. The SMILES string of the molecule is Cc1cc(C(=O)Nc2cccc(OCc3cc(F)cc(C(F)(F)F)c3)c2)c(C)n1-c1ccccc1C(F)(F)F. The van der Waals surface area contributed by atoms with Crippen molar-refractivity contribution in [3.8, 4) is 11.4 Å². The van der Waals surface area contributed by atoms with Crippen LogP contribution < -0.4 is 10.1 Å². The number of rotatable bonds is 6. The van der Waals surface area contributed by atoms with Crippen LogP contribution >= 0.6 is 0 Å². The third-order valence-corrected chi connectivity index (χ3v) is 5.91. The largest absolute Gasteiger partial charge is 0.489 e. The highest BCUT2D eigenvalue weighted by Crippen LogP contribution is 2.36. The van der Waals surface area contributed by atoms with Gasteiger partial charge in [-0.2, -0.15) is 26.3 Å². The molecule has 11 heteroatoms. The monoisotopic (exact) mass is 550 g/mol. The summed E-state index contributed by atoms with van der Waals surface area (Å²) in [5, 5.41) is 2.65. The molecule has 204 valence electrons. The van der Waals surface area contributed by atoms with Crippen LogP contribution in [0.25, 0.3) is 5.69 Å². The number of anilines is 1. The lowest BCUT2D eigenvalue weighted by molar-refractivity contribution is -0.138. The molecule has 3 aromatic carbocycles. The second kappa shape index (κ2) is 10.5. The van der Waals surface area contributed by atoms with Crippen LogP contribution in [0.5, 0.6) is 5.75 Å². The minimum atomic E-state index is -4.72. The number of aryl methyl sites for hydroxylation is 1. The molecule has 0 saturated heterocycles. The van der Waals surface area contributed by atoms with Crippen LogP contribution in [0.15, 0.2) is 72.8 Å². The van der Waals surface area contributed by atoms with Crippen LogP contribution in [0.1, 0.15) is 38.4 Å². The first-order valence-electron chi connectivity index (χ1n) is 11.5. The number of aromatic nitrogens is 1. The van der Waals surface area contributed by atoms with Crippen LogP contribution in [-0.2, 0) is 19.0 Å². The second-order valence-electron chi connectivity index (χ2n) is 8.75. The molecule has 0 atom stereocenters. The van der Waals surface area contributed by atoms with Gasteiger partial charge in [-0.3, -0.25) is 4.79 Å². The minimum Gasteiger partial charge on any atom is -0.489 e. The quantitative estimate of drug-likeness (QED) is 0.247. The van der Waals surface area contributed by atoms with E-state index in [4.69, 9.17) is 4.74 Å². The van der Waals surface area contributed by atoms with Crippen LogP contribution in [0.4, 0.5) is 36.4 Å². The van der Waals surface area contributed by atoms with Crippen molar-refractivity contribution >= 4 is 11.6 Å². The highest BCUT2D eigenvalue weighted by Gasteiger charge is 2.34. The molecule has 0 aliphatic carbocycles. The van der Waals surface area contributed by atoms with Gasteiger partial charge in [-0.1, -0.05) is 18.2 Å². The standard InChI is InChI=1S/C28H21F7N2O2/c1-16-10-23(17(2)37(16)25-9-4-3-8-24(25)28(33,34)35)26(38)36-21-6-5-7-22(14-21)39-15-18-11-19(27(30,31)32)13-20(29)12-18/h3-14H,15H2,1-2H3,(H,36,38). The number of benzene rings is 3. The molecule has 0 fully saturated rings. The first-order chi connectivity index (χ1) is 18.2. The van der Waals surface area contributed by atoms with E-state index in [9.17, 15) is 35.5 Å². The zero-order valence-electron chi connectivity index (χ0n) is 20.5. The van der Waals surface area contributed by atoms with Gasteiger partial charge in [0.15, 0.2) is 0 Å². The maximum absolute atomic E-state index is 13.6. The number of carbonyl (C=O) groups excluding carboxylic acids is 1. The summed E-state index contributed by atoms with van der Waals surface area (Å²) in [6.07, 6.45) is -9.31. The van der Waals surface area contributed by atoms with Crippen molar-refractivity contribution in [3.63, 3.8) is 0 Å². The Morgan fingerprint density at radius 2 is 1.59 bits per heavy atom.